The average molecular weight is 397 g/mol. The van der Waals surface area contributed by atoms with Crippen LogP contribution in [0.2, 0.25) is 0 Å². The Morgan fingerprint density at radius 1 is 0.840 bits per heavy atom. The lowest BCUT2D eigenvalue weighted by molar-refractivity contribution is 0.301. The highest BCUT2D eigenvalue weighted by atomic mass is 32.2. The number of hydrogen-bond donors (Lipinski definition) is 0. The van der Waals surface area contributed by atoms with E-state index in [4.69, 9.17) is 4.18 Å². The fraction of sp³-hybridized carbons (Fsp3) is 1.00. The van der Waals surface area contributed by atoms with Crippen molar-refractivity contribution < 1.29 is 21.0 Å². The molecule has 25 heavy (non-hydrogen) atoms. The van der Waals surface area contributed by atoms with Crippen LogP contribution in [-0.4, -0.2) is 40.2 Å². The van der Waals surface area contributed by atoms with Gasteiger partial charge in [-0.3, -0.25) is 4.18 Å². The van der Waals surface area contributed by atoms with Crippen LogP contribution in [0.5, 0.6) is 0 Å². The highest BCUT2D eigenvalue weighted by molar-refractivity contribution is 7.94. The zero-order valence-electron chi connectivity index (χ0n) is 15.7. The molecule has 0 radical (unpaired) electrons. The first kappa shape index (κ1) is 22.9. The van der Waals surface area contributed by atoms with Crippen LogP contribution in [0.3, 0.4) is 0 Å². The van der Waals surface area contributed by atoms with Crippen molar-refractivity contribution in [3.05, 3.63) is 0 Å². The van der Waals surface area contributed by atoms with Crippen molar-refractivity contribution in [3.8, 4) is 0 Å². The molecule has 150 valence electrons. The summed E-state index contributed by atoms with van der Waals surface area (Å²) in [7, 11) is -6.92. The van der Waals surface area contributed by atoms with Crippen LogP contribution >= 0.6 is 0 Å². The molecule has 0 aliphatic carbocycles. The van der Waals surface area contributed by atoms with Crippen molar-refractivity contribution >= 4 is 20.0 Å². The van der Waals surface area contributed by atoms with Crippen molar-refractivity contribution in [2.45, 2.75) is 95.6 Å². The van der Waals surface area contributed by atoms with E-state index in [1.54, 1.807) is 0 Å². The van der Waals surface area contributed by atoms with Crippen molar-refractivity contribution in [1.29, 1.82) is 0 Å². The van der Waals surface area contributed by atoms with Crippen molar-refractivity contribution in [3.63, 3.8) is 0 Å². The predicted octanol–water partition coefficient (Wildman–Crippen LogP) is 4.22. The molecule has 1 rings (SSSR count). The first-order chi connectivity index (χ1) is 11.9. The van der Waals surface area contributed by atoms with Gasteiger partial charge in [-0.05, 0) is 12.8 Å². The van der Waals surface area contributed by atoms with Gasteiger partial charge in [0.15, 0.2) is 9.84 Å². The van der Waals surface area contributed by atoms with Gasteiger partial charge in [-0.25, -0.2) is 8.42 Å². The van der Waals surface area contributed by atoms with Gasteiger partial charge in [-0.2, -0.15) is 8.42 Å². The second-order valence-electron chi connectivity index (χ2n) is 7.23. The van der Waals surface area contributed by atoms with Crippen LogP contribution < -0.4 is 0 Å². The van der Waals surface area contributed by atoms with Crippen LogP contribution in [0.15, 0.2) is 0 Å². The molecule has 0 N–H and O–H groups in total. The van der Waals surface area contributed by atoms with E-state index in [1.165, 1.54) is 57.8 Å². The maximum Gasteiger partial charge on any atom is 0.271 e. The Kier molecular flexibility index (Phi) is 11.3. The first-order valence-corrected chi connectivity index (χ1v) is 13.3. The van der Waals surface area contributed by atoms with Gasteiger partial charge in [-0.1, -0.05) is 77.6 Å². The lowest BCUT2D eigenvalue weighted by Gasteiger charge is -2.10. The summed E-state index contributed by atoms with van der Waals surface area (Å²) >= 11 is 0. The molecule has 1 fully saturated rings. The van der Waals surface area contributed by atoms with E-state index in [-0.39, 0.29) is 24.5 Å². The van der Waals surface area contributed by atoms with Crippen molar-refractivity contribution in [1.82, 2.24) is 0 Å². The van der Waals surface area contributed by atoms with Gasteiger partial charge in [0.2, 0.25) is 0 Å². The largest absolute Gasteiger partial charge is 0.271 e. The Balaban J connectivity index is 1.93. The summed E-state index contributed by atoms with van der Waals surface area (Å²) in [4.78, 5) is 0. The third-order valence-electron chi connectivity index (χ3n) is 4.84. The molecule has 0 unspecified atom stereocenters. The molecule has 0 spiro atoms. The minimum atomic E-state index is -3.72. The highest BCUT2D eigenvalue weighted by Gasteiger charge is 2.37. The Morgan fingerprint density at radius 2 is 1.32 bits per heavy atom. The number of hydrogen-bond acceptors (Lipinski definition) is 5. The second kappa shape index (κ2) is 12.3. The summed E-state index contributed by atoms with van der Waals surface area (Å²) in [5.74, 6) is -0.327. The minimum absolute atomic E-state index is 0.0428. The van der Waals surface area contributed by atoms with Crippen LogP contribution in [0.1, 0.15) is 90.4 Å². The zero-order chi connectivity index (χ0) is 18.6. The minimum Gasteiger partial charge on any atom is -0.270 e. The van der Waals surface area contributed by atoms with Gasteiger partial charge in [0.1, 0.15) is 5.25 Å². The molecule has 1 atom stereocenters. The topological polar surface area (TPSA) is 77.5 Å². The lowest BCUT2D eigenvalue weighted by Crippen LogP contribution is -2.25. The fourth-order valence-corrected chi connectivity index (χ4v) is 7.13. The van der Waals surface area contributed by atoms with Gasteiger partial charge >= 0.3 is 0 Å². The molecular formula is C18H36O5S2. The van der Waals surface area contributed by atoms with E-state index in [2.05, 4.69) is 6.92 Å². The molecule has 0 aromatic heterocycles. The fourth-order valence-electron chi connectivity index (χ4n) is 3.20. The summed E-state index contributed by atoms with van der Waals surface area (Å²) in [6.45, 7) is 2.41. The summed E-state index contributed by atoms with van der Waals surface area (Å²) in [6.07, 6.45) is 14.8. The number of unbranched alkanes of at least 4 members (excludes halogenated alkanes) is 11. The summed E-state index contributed by atoms with van der Waals surface area (Å²) in [5, 5.41) is -0.866. The quantitative estimate of drug-likeness (QED) is 0.306. The molecule has 0 bridgehead atoms. The van der Waals surface area contributed by atoms with E-state index in [0.717, 1.165) is 19.3 Å². The van der Waals surface area contributed by atoms with Crippen molar-refractivity contribution in [2.24, 2.45) is 0 Å². The molecule has 7 heteroatoms. The normalized spacial score (nSPS) is 20.1. The monoisotopic (exact) mass is 396 g/mol. The molecule has 0 aromatic rings. The van der Waals surface area contributed by atoms with Crippen LogP contribution in [0.4, 0.5) is 0 Å². The molecule has 0 amide bonds. The van der Waals surface area contributed by atoms with Crippen LogP contribution in [-0.2, 0) is 24.1 Å². The summed E-state index contributed by atoms with van der Waals surface area (Å²) < 4.78 is 51.6. The Bertz CT molecular complexity index is 540. The number of rotatable bonds is 15. The average Bonchev–Trinajstić information content (AvgIpc) is 2.93. The van der Waals surface area contributed by atoms with Gasteiger partial charge in [0.05, 0.1) is 18.1 Å². The van der Waals surface area contributed by atoms with E-state index in [1.807, 2.05) is 0 Å². The van der Waals surface area contributed by atoms with Gasteiger partial charge in [0, 0.05) is 0 Å². The van der Waals surface area contributed by atoms with E-state index < -0.39 is 25.2 Å². The standard InChI is InChI=1S/C18H36O5S2/c1-2-3-4-5-6-7-8-9-10-11-12-13-15-23-25(21,22)18-14-16-24(19,20)17-18/h18H,2-17H2,1H3/t18-/m1/s1. The molecule has 1 aliphatic heterocycles. The molecule has 0 saturated carbocycles. The Morgan fingerprint density at radius 3 is 1.76 bits per heavy atom. The molecule has 0 aromatic carbocycles. The van der Waals surface area contributed by atoms with E-state index in [0.29, 0.717) is 0 Å². The van der Waals surface area contributed by atoms with Crippen molar-refractivity contribution in [2.75, 3.05) is 18.1 Å². The smallest absolute Gasteiger partial charge is 0.270 e. The second-order valence-corrected chi connectivity index (χ2v) is 11.3. The maximum atomic E-state index is 11.9. The van der Waals surface area contributed by atoms with Crippen LogP contribution in [0.25, 0.3) is 0 Å². The third-order valence-corrected chi connectivity index (χ3v) is 8.54. The predicted molar refractivity (Wildman–Crippen MR) is 103 cm³/mol. The summed E-state index contributed by atoms with van der Waals surface area (Å²) in [5.41, 5.74) is 0. The SMILES string of the molecule is CCCCCCCCCCCCCCOS(=O)(=O)[C@@H]1CCS(=O)(=O)C1. The lowest BCUT2D eigenvalue weighted by atomic mass is 10.1. The van der Waals surface area contributed by atoms with E-state index in [9.17, 15) is 16.8 Å². The third kappa shape index (κ3) is 10.6. The first-order valence-electron chi connectivity index (χ1n) is 9.96. The highest BCUT2D eigenvalue weighted by Crippen LogP contribution is 2.20. The van der Waals surface area contributed by atoms with Gasteiger partial charge in [-0.15, -0.1) is 0 Å². The molecule has 1 aliphatic rings. The summed E-state index contributed by atoms with van der Waals surface area (Å²) in [6, 6.07) is 0. The molecule has 1 heterocycles. The Hall–Kier alpha value is -0.140. The molecule has 1 saturated heterocycles. The van der Waals surface area contributed by atoms with Gasteiger partial charge < -0.3 is 0 Å². The Labute approximate surface area is 155 Å². The maximum absolute atomic E-state index is 11.9. The molecular weight excluding hydrogens is 360 g/mol. The zero-order valence-corrected chi connectivity index (χ0v) is 17.4. The van der Waals surface area contributed by atoms with Gasteiger partial charge in [0.25, 0.3) is 10.1 Å². The van der Waals surface area contributed by atoms with Crippen LogP contribution in [0, 0.1) is 0 Å². The number of sulfone groups is 1. The van der Waals surface area contributed by atoms with E-state index >= 15 is 0 Å². The molecule has 5 nitrogen and oxygen atoms in total.